The Morgan fingerprint density at radius 3 is 2.40 bits per heavy atom. The number of nitro benzene ring substituents is 1. The molecule has 5 N–H and O–H groups in total. The summed E-state index contributed by atoms with van der Waals surface area (Å²) >= 11 is 6.33. The molecule has 0 fully saturated rings. The third-order valence-corrected chi connectivity index (χ3v) is 10.0. The Bertz CT molecular complexity index is 2200. The number of amides is 1. The summed E-state index contributed by atoms with van der Waals surface area (Å²) < 4.78 is 80.6. The number of aromatic amines is 1. The SMILES string of the molecule is CN(C)CCOc1ccc2[nH]c(C(=O)N3CC(CCl)c4c3cc([N+](=O)[O-])c3cc(S(=O)(=O)NCCOP(=O)(O)O)ccc43)cc2c1.O=C(O)C(F)(F)F. The lowest BCUT2D eigenvalue weighted by Crippen LogP contribution is -2.30. The molecule has 1 aliphatic heterocycles. The Balaban J connectivity index is 0.000000815. The second-order valence-electron chi connectivity index (χ2n) is 11.7. The molecule has 5 rings (SSSR count). The lowest BCUT2D eigenvalue weighted by atomic mass is 9.95. The van der Waals surface area contributed by atoms with Gasteiger partial charge in [-0.25, -0.2) is 22.5 Å². The molecule has 2 heterocycles. The van der Waals surface area contributed by atoms with E-state index in [-0.39, 0.29) is 28.4 Å². The molecular formula is C30H32ClF3N5O12PS. The fourth-order valence-electron chi connectivity index (χ4n) is 5.32. The summed E-state index contributed by atoms with van der Waals surface area (Å²) in [6.45, 7) is 0.306. The number of likely N-dealkylation sites (N-methyl/N-ethyl adjacent to an activating group) is 1. The van der Waals surface area contributed by atoms with Crippen LogP contribution in [0, 0.1) is 10.1 Å². The van der Waals surface area contributed by atoms with Crippen LogP contribution in [0.2, 0.25) is 0 Å². The highest BCUT2D eigenvalue weighted by Gasteiger charge is 2.39. The molecule has 0 radical (unpaired) electrons. The minimum atomic E-state index is -5.08. The molecule has 53 heavy (non-hydrogen) atoms. The van der Waals surface area contributed by atoms with Crippen LogP contribution in [0.5, 0.6) is 5.75 Å². The van der Waals surface area contributed by atoms with Crippen molar-refractivity contribution in [1.29, 1.82) is 0 Å². The van der Waals surface area contributed by atoms with E-state index in [4.69, 9.17) is 36.0 Å². The van der Waals surface area contributed by atoms with Crippen LogP contribution in [0.15, 0.2) is 53.4 Å². The molecule has 1 amide bonds. The summed E-state index contributed by atoms with van der Waals surface area (Å²) in [5.41, 5.74) is 1.42. The number of H-pyrrole nitrogens is 1. The first-order valence-electron chi connectivity index (χ1n) is 15.2. The van der Waals surface area contributed by atoms with E-state index >= 15 is 0 Å². The van der Waals surface area contributed by atoms with Crippen LogP contribution >= 0.6 is 19.4 Å². The number of carbonyl (C=O) groups is 2. The minimum absolute atomic E-state index is 0.0231. The summed E-state index contributed by atoms with van der Waals surface area (Å²) in [5, 5.41) is 20.5. The number of nitrogens with zero attached hydrogens (tertiary/aromatic N) is 3. The number of hydrogen-bond donors (Lipinski definition) is 5. The van der Waals surface area contributed by atoms with E-state index < -0.39 is 65.6 Å². The fourth-order valence-corrected chi connectivity index (χ4v) is 6.94. The molecule has 0 bridgehead atoms. The zero-order chi connectivity index (χ0) is 39.5. The van der Waals surface area contributed by atoms with Crippen molar-refractivity contribution in [3.8, 4) is 5.75 Å². The number of carboxylic acid groups (broad SMARTS) is 1. The average molecular weight is 810 g/mol. The van der Waals surface area contributed by atoms with Crippen LogP contribution < -0.4 is 14.4 Å². The molecule has 0 saturated heterocycles. The first-order valence-corrected chi connectivity index (χ1v) is 18.7. The van der Waals surface area contributed by atoms with Crippen LogP contribution in [0.4, 0.5) is 24.5 Å². The van der Waals surface area contributed by atoms with Crippen molar-refractivity contribution < 1.29 is 64.8 Å². The largest absolute Gasteiger partial charge is 0.492 e. The Kier molecular flexibility index (Phi) is 12.8. The molecule has 1 atom stereocenters. The van der Waals surface area contributed by atoms with Crippen LogP contribution in [0.3, 0.4) is 0 Å². The number of carbonyl (C=O) groups excluding carboxylic acids is 1. The Hall–Kier alpha value is -4.34. The number of rotatable bonds is 13. The topological polar surface area (TPSA) is 242 Å². The highest BCUT2D eigenvalue weighted by molar-refractivity contribution is 7.89. The third kappa shape index (κ3) is 10.2. The van der Waals surface area contributed by atoms with Crippen molar-refractivity contribution in [2.75, 3.05) is 57.7 Å². The number of halogens is 4. The number of aromatic nitrogens is 1. The number of phosphoric acid groups is 1. The molecule has 0 aliphatic carbocycles. The molecule has 0 spiro atoms. The van der Waals surface area contributed by atoms with Gasteiger partial charge in [-0.2, -0.15) is 13.2 Å². The van der Waals surface area contributed by atoms with Crippen LogP contribution in [-0.4, -0.2) is 109 Å². The van der Waals surface area contributed by atoms with Crippen molar-refractivity contribution >= 4 is 74.4 Å². The van der Waals surface area contributed by atoms with Gasteiger partial charge in [0.2, 0.25) is 10.0 Å². The molecule has 17 nitrogen and oxygen atoms in total. The summed E-state index contributed by atoms with van der Waals surface area (Å²) in [6.07, 6.45) is -5.08. The van der Waals surface area contributed by atoms with E-state index in [0.717, 1.165) is 18.0 Å². The number of non-ortho nitro benzene ring substituents is 1. The number of carboxylic acids is 1. The van der Waals surface area contributed by atoms with Gasteiger partial charge in [0.05, 0.1) is 27.5 Å². The molecule has 1 aromatic heterocycles. The molecule has 0 saturated carbocycles. The normalized spacial score (nSPS) is 14.7. The van der Waals surface area contributed by atoms with Gasteiger partial charge in [-0.05, 0) is 61.4 Å². The number of anilines is 1. The molecule has 288 valence electrons. The third-order valence-electron chi connectivity index (χ3n) is 7.67. The number of nitro groups is 1. The molecule has 4 aromatic rings. The minimum Gasteiger partial charge on any atom is -0.492 e. The molecular weight excluding hydrogens is 778 g/mol. The number of nitrogens with one attached hydrogen (secondary N) is 2. The van der Waals surface area contributed by atoms with Gasteiger partial charge in [0, 0.05) is 48.4 Å². The van der Waals surface area contributed by atoms with Gasteiger partial charge in [-0.3, -0.25) is 19.4 Å². The molecule has 3 aromatic carbocycles. The van der Waals surface area contributed by atoms with Gasteiger partial charge in [0.1, 0.15) is 18.1 Å². The quantitative estimate of drug-likeness (QED) is 0.0419. The summed E-state index contributed by atoms with van der Waals surface area (Å²) in [4.78, 5) is 58.2. The molecule has 23 heteroatoms. The highest BCUT2D eigenvalue weighted by Crippen LogP contribution is 2.46. The number of benzene rings is 3. The average Bonchev–Trinajstić information content (AvgIpc) is 3.66. The van der Waals surface area contributed by atoms with Gasteiger partial charge in [0.25, 0.3) is 11.6 Å². The molecule has 1 unspecified atom stereocenters. The van der Waals surface area contributed by atoms with E-state index in [2.05, 4.69) is 14.2 Å². The Morgan fingerprint density at radius 2 is 1.81 bits per heavy atom. The second kappa shape index (κ2) is 16.4. The number of fused-ring (bicyclic) bond motifs is 4. The van der Waals surface area contributed by atoms with Crippen molar-refractivity contribution in [3.63, 3.8) is 0 Å². The zero-order valence-corrected chi connectivity index (χ0v) is 30.1. The summed E-state index contributed by atoms with van der Waals surface area (Å²) in [5.74, 6) is -2.85. The smallest absolute Gasteiger partial charge is 0.490 e. The monoisotopic (exact) mass is 809 g/mol. The van der Waals surface area contributed by atoms with Gasteiger partial charge in [-0.15, -0.1) is 11.6 Å². The maximum absolute atomic E-state index is 13.9. The van der Waals surface area contributed by atoms with Crippen LogP contribution in [-0.2, 0) is 23.9 Å². The number of alkyl halides is 4. The number of phosphoric ester groups is 1. The van der Waals surface area contributed by atoms with Gasteiger partial charge < -0.3 is 34.4 Å². The van der Waals surface area contributed by atoms with E-state index in [1.807, 2.05) is 25.1 Å². The first-order chi connectivity index (χ1) is 24.6. The Labute approximate surface area is 303 Å². The van der Waals surface area contributed by atoms with Crippen molar-refractivity contribution in [1.82, 2.24) is 14.6 Å². The number of hydrogen-bond acceptors (Lipinski definition) is 10. The standard InChI is InChI=1S/C28H31ClN5O10PS.C2HF3O2/c1-32(2)8-10-43-19-3-6-23-17(11-19)12-24(31-23)28(35)33-16-18(15-29)27-21-5-4-20(13-22(21)25(34(36)37)14-26(27)33)46(41,42)30-7-9-44-45(38,39)40;3-2(4,5)1(6)7/h3-6,11-14,18,30-31H,7-10,15-16H2,1-2H3,(H2,38,39,40);(H,6,7). The maximum Gasteiger partial charge on any atom is 0.490 e. The van der Waals surface area contributed by atoms with E-state index in [1.165, 1.54) is 23.1 Å². The van der Waals surface area contributed by atoms with Crippen molar-refractivity contribution in [3.05, 3.63) is 69.9 Å². The van der Waals surface area contributed by atoms with E-state index in [9.17, 15) is 41.1 Å². The van der Waals surface area contributed by atoms with Crippen molar-refractivity contribution in [2.45, 2.75) is 17.0 Å². The second-order valence-corrected chi connectivity index (χ2v) is 15.0. The van der Waals surface area contributed by atoms with Crippen LogP contribution in [0.25, 0.3) is 21.7 Å². The first kappa shape index (κ1) is 41.4. The summed E-state index contributed by atoms with van der Waals surface area (Å²) in [6, 6.07) is 12.2. The number of sulfonamides is 1. The Morgan fingerprint density at radius 1 is 1.13 bits per heavy atom. The lowest BCUT2D eigenvalue weighted by molar-refractivity contribution is -0.383. The lowest BCUT2D eigenvalue weighted by Gasteiger charge is -2.17. The summed E-state index contributed by atoms with van der Waals surface area (Å²) in [7, 11) is -5.15. The van der Waals surface area contributed by atoms with Crippen molar-refractivity contribution in [2.24, 2.45) is 0 Å². The van der Waals surface area contributed by atoms with E-state index in [0.29, 0.717) is 34.5 Å². The van der Waals surface area contributed by atoms with Crippen LogP contribution in [0.1, 0.15) is 22.0 Å². The predicted molar refractivity (Wildman–Crippen MR) is 185 cm³/mol. The van der Waals surface area contributed by atoms with Gasteiger partial charge in [0.15, 0.2) is 0 Å². The highest BCUT2D eigenvalue weighted by atomic mass is 35.5. The van der Waals surface area contributed by atoms with E-state index in [1.54, 1.807) is 18.2 Å². The van der Waals surface area contributed by atoms with Gasteiger partial charge in [-0.1, -0.05) is 6.07 Å². The predicted octanol–water partition coefficient (Wildman–Crippen LogP) is 4.17. The molecule has 1 aliphatic rings. The number of ether oxygens (including phenoxy) is 1. The maximum atomic E-state index is 13.9. The number of aliphatic carboxylic acids is 1. The van der Waals surface area contributed by atoms with Gasteiger partial charge >= 0.3 is 20.0 Å². The zero-order valence-electron chi connectivity index (χ0n) is 27.7. The fraction of sp³-hybridized carbons (Fsp3) is 0.333.